The Hall–Kier alpha value is -10.8. The molecule has 0 unspecified atom stereocenters. The molecular weight excluding hydrogens is 1450 g/mol. The van der Waals surface area contributed by atoms with Crippen LogP contribution in [0.15, 0.2) is 196 Å². The lowest BCUT2D eigenvalue weighted by Gasteiger charge is -2.20. The third-order valence-electron chi connectivity index (χ3n) is 18.2. The number of hydrogen-bond donors (Lipinski definition) is 3. The molecular formula is C81H87F3N6O15S3. The molecule has 570 valence electrons. The highest BCUT2D eigenvalue weighted by Crippen LogP contribution is 2.41. The molecule has 3 atom stereocenters. The standard InChI is InChI=1S/C28H32N2O5S.C27H30N2O5S.C26H25F3N2O5S/c1-6-35-27-16-20(12-14-26(27)34-4)25(17-36(5,32)33)30-24-13-11-19(15-23(24)29-28(30)31)22-10-8-7-9-21(22)18(2)3;1-5-18-9-7-8-10-21(18)19-11-13-23-22(15-19)28-27(30)29(23)24(17-35(4,31)32)20-12-14-25(33-3)26(16-20)34-6-2;1-4-36-24-14-17(10-12-23(24)35-2)22(15-37(3,33)34)31-21-11-9-16(13-20(21)30-25(31)32)18-7-5-6-8-19(18)26(27,28)29/h7-16,18,25H,6,17H2,1-5H3,(H,29,31);7-16,24H,5-6,17H2,1-4H3,(H,28,30);5-14,22H,4,15H2,1-3H3,(H,30,32)/t25-;24-;22-/m000/s1. The highest BCUT2D eigenvalue weighted by atomic mass is 32.2. The molecule has 3 heterocycles. The van der Waals surface area contributed by atoms with Crippen LogP contribution in [0.3, 0.4) is 0 Å². The minimum Gasteiger partial charge on any atom is -0.493 e. The van der Waals surface area contributed by atoms with Crippen LogP contribution in [0, 0.1) is 0 Å². The summed E-state index contributed by atoms with van der Waals surface area (Å²) in [6.45, 7) is 13.1. The van der Waals surface area contributed by atoms with E-state index in [2.05, 4.69) is 60.0 Å². The van der Waals surface area contributed by atoms with Crippen molar-refractivity contribution in [3.8, 4) is 67.9 Å². The number of halogens is 3. The van der Waals surface area contributed by atoms with Crippen molar-refractivity contribution < 1.29 is 66.8 Å². The summed E-state index contributed by atoms with van der Waals surface area (Å²) in [6, 6.07) is 50.5. The zero-order valence-corrected chi connectivity index (χ0v) is 64.4. The zero-order valence-electron chi connectivity index (χ0n) is 61.9. The fourth-order valence-electron chi connectivity index (χ4n) is 13.5. The number of hydrogen-bond acceptors (Lipinski definition) is 15. The maximum absolute atomic E-state index is 13.6. The first kappa shape index (κ1) is 79.8. The normalized spacial score (nSPS) is 12.8. The Bertz CT molecular complexity index is 5800. The van der Waals surface area contributed by atoms with E-state index in [0.717, 1.165) is 41.0 Å². The van der Waals surface area contributed by atoms with Crippen LogP contribution in [0.2, 0.25) is 0 Å². The highest BCUT2D eigenvalue weighted by Gasteiger charge is 2.34. The van der Waals surface area contributed by atoms with Crippen LogP contribution in [-0.2, 0) is 42.1 Å². The minimum atomic E-state index is -4.56. The van der Waals surface area contributed by atoms with Crippen LogP contribution in [0.25, 0.3) is 66.5 Å². The second-order valence-corrected chi connectivity index (χ2v) is 32.8. The van der Waals surface area contributed by atoms with Crippen molar-refractivity contribution in [2.45, 2.75) is 78.2 Å². The quantitative estimate of drug-likeness (QED) is 0.0455. The average molecular weight is 1540 g/mol. The Morgan fingerprint density at radius 2 is 0.722 bits per heavy atom. The minimum absolute atomic E-state index is 0.0327. The van der Waals surface area contributed by atoms with Crippen molar-refractivity contribution in [3.63, 3.8) is 0 Å². The van der Waals surface area contributed by atoms with Crippen molar-refractivity contribution in [1.82, 2.24) is 28.7 Å². The molecule has 0 radical (unpaired) electrons. The van der Waals surface area contributed by atoms with Gasteiger partial charge in [-0.05, 0) is 173 Å². The van der Waals surface area contributed by atoms with Gasteiger partial charge in [0.05, 0.1) is 115 Å². The van der Waals surface area contributed by atoms with Crippen LogP contribution in [-0.4, -0.2) is 131 Å². The number of nitrogens with zero attached hydrogens (tertiary/aromatic N) is 3. The smallest absolute Gasteiger partial charge is 0.417 e. The Kier molecular flexibility index (Phi) is 24.8. The predicted molar refractivity (Wildman–Crippen MR) is 418 cm³/mol. The molecule has 108 heavy (non-hydrogen) atoms. The van der Waals surface area contributed by atoms with E-state index in [1.54, 1.807) is 75.7 Å². The van der Waals surface area contributed by atoms with Gasteiger partial charge in [0.2, 0.25) is 0 Å². The molecule has 9 aromatic carbocycles. The lowest BCUT2D eigenvalue weighted by Crippen LogP contribution is -2.28. The Labute approximate surface area is 624 Å². The van der Waals surface area contributed by atoms with Crippen LogP contribution >= 0.6 is 0 Å². The largest absolute Gasteiger partial charge is 0.493 e. The number of fused-ring (bicyclic) bond motifs is 3. The van der Waals surface area contributed by atoms with Gasteiger partial charge in [0.25, 0.3) is 0 Å². The van der Waals surface area contributed by atoms with Crippen molar-refractivity contribution in [1.29, 1.82) is 0 Å². The van der Waals surface area contributed by atoms with Gasteiger partial charge in [-0.25, -0.2) is 39.6 Å². The maximum Gasteiger partial charge on any atom is 0.417 e. The number of alkyl halides is 3. The number of aryl methyl sites for hydroxylation is 1. The van der Waals surface area contributed by atoms with Crippen LogP contribution < -0.4 is 45.5 Å². The van der Waals surface area contributed by atoms with E-state index < -0.39 is 70.8 Å². The summed E-state index contributed by atoms with van der Waals surface area (Å²) < 4.78 is 153. The summed E-state index contributed by atoms with van der Waals surface area (Å²) in [4.78, 5) is 48.1. The number of methoxy groups -OCH3 is 3. The van der Waals surface area contributed by atoms with Crippen molar-refractivity contribution in [3.05, 3.63) is 247 Å². The Morgan fingerprint density at radius 1 is 0.398 bits per heavy atom. The number of rotatable bonds is 26. The van der Waals surface area contributed by atoms with E-state index in [4.69, 9.17) is 28.4 Å². The predicted octanol–water partition coefficient (Wildman–Crippen LogP) is 14.8. The molecule has 0 amide bonds. The average Bonchev–Trinajstić information content (AvgIpc) is 1.61. The van der Waals surface area contributed by atoms with Gasteiger partial charge in [-0.15, -0.1) is 0 Å². The first-order valence-corrected chi connectivity index (χ1v) is 41.0. The van der Waals surface area contributed by atoms with Crippen molar-refractivity contribution >= 4 is 62.6 Å². The molecule has 21 nitrogen and oxygen atoms in total. The number of nitrogens with one attached hydrogen (secondary N) is 3. The number of aromatic nitrogens is 6. The molecule has 0 saturated heterocycles. The van der Waals surface area contributed by atoms with Gasteiger partial charge in [0.1, 0.15) is 29.5 Å². The van der Waals surface area contributed by atoms with E-state index >= 15 is 0 Å². The Morgan fingerprint density at radius 3 is 1.06 bits per heavy atom. The van der Waals surface area contributed by atoms with Crippen LogP contribution in [0.4, 0.5) is 13.2 Å². The van der Waals surface area contributed by atoms with Crippen molar-refractivity contribution in [2.75, 3.05) is 77.2 Å². The summed E-state index contributed by atoms with van der Waals surface area (Å²) in [5.41, 5.74) is 9.66. The van der Waals surface area contributed by atoms with Gasteiger partial charge in [0.15, 0.2) is 34.5 Å². The van der Waals surface area contributed by atoms with Gasteiger partial charge in [-0.1, -0.05) is 124 Å². The molecule has 27 heteroatoms. The lowest BCUT2D eigenvalue weighted by atomic mass is 9.92. The third-order valence-corrected chi connectivity index (χ3v) is 21.0. The van der Waals surface area contributed by atoms with Gasteiger partial charge in [-0.2, -0.15) is 13.2 Å². The van der Waals surface area contributed by atoms with Crippen molar-refractivity contribution in [2.24, 2.45) is 0 Å². The molecule has 12 aromatic rings. The SMILES string of the molecule is CCOc1cc([C@H](CS(C)(=O)=O)n2c(=O)[nH]c3cc(-c4ccccc4C(C)C)ccc32)ccc1OC.CCOc1cc([C@H](CS(C)(=O)=O)n2c(=O)[nH]c3cc(-c4ccccc4C(F)(F)F)ccc32)ccc1OC.CCOc1cc([C@H](CS(C)(=O)=O)n2c(=O)[nH]c3cc(-c4ccccc4CC)ccc32)ccc1OC. The van der Waals surface area contributed by atoms with E-state index in [0.29, 0.717) is 105 Å². The molecule has 3 N–H and O–H groups in total. The second-order valence-electron chi connectivity index (χ2n) is 26.2. The summed E-state index contributed by atoms with van der Waals surface area (Å²) in [6.07, 6.45) is -0.251. The molecule has 0 aliphatic rings. The first-order chi connectivity index (χ1) is 51.3. The molecule has 0 fully saturated rings. The molecule has 0 aliphatic carbocycles. The summed E-state index contributed by atoms with van der Waals surface area (Å²) in [5, 5.41) is 0. The number of H-pyrrole nitrogens is 3. The molecule has 0 bridgehead atoms. The number of sulfone groups is 3. The van der Waals surface area contributed by atoms with Gasteiger partial charge in [0, 0.05) is 18.8 Å². The molecule has 12 rings (SSSR count). The fraction of sp³-hybridized carbons (Fsp3) is 0.296. The number of imidazole rings is 3. The number of benzene rings is 9. The molecule has 3 aromatic heterocycles. The van der Waals surface area contributed by atoms with Gasteiger partial charge >= 0.3 is 23.2 Å². The van der Waals surface area contributed by atoms with E-state index in [1.165, 1.54) is 80.8 Å². The number of aromatic amines is 3. The van der Waals surface area contributed by atoms with Crippen LogP contribution in [0.5, 0.6) is 34.5 Å². The van der Waals surface area contributed by atoms with Gasteiger partial charge in [-0.3, -0.25) is 13.7 Å². The first-order valence-electron chi connectivity index (χ1n) is 34.8. The molecule has 0 saturated carbocycles. The van der Waals surface area contributed by atoms with E-state index in [9.17, 15) is 52.8 Å². The summed E-state index contributed by atoms with van der Waals surface area (Å²) >= 11 is 0. The fourth-order valence-corrected chi connectivity index (χ4v) is 16.3. The topological polar surface area (TPSA) is 271 Å². The van der Waals surface area contributed by atoms with Crippen LogP contribution in [0.1, 0.15) is 99.0 Å². The zero-order chi connectivity index (χ0) is 78.2. The van der Waals surface area contributed by atoms with Gasteiger partial charge < -0.3 is 43.4 Å². The number of ether oxygens (including phenoxy) is 6. The third kappa shape index (κ3) is 18.4. The highest BCUT2D eigenvalue weighted by molar-refractivity contribution is 7.91. The monoisotopic (exact) mass is 1540 g/mol. The Balaban J connectivity index is 0.000000173. The second kappa shape index (κ2) is 33.6. The summed E-state index contributed by atoms with van der Waals surface area (Å²) in [5.74, 6) is 2.38. The molecule has 0 aliphatic heterocycles. The molecule has 0 spiro atoms. The maximum atomic E-state index is 13.6. The van der Waals surface area contributed by atoms with E-state index in [-0.39, 0.29) is 39.5 Å². The summed E-state index contributed by atoms with van der Waals surface area (Å²) in [7, 11) is -5.86. The van der Waals surface area contributed by atoms with E-state index in [1.807, 2.05) is 74.5 Å². The lowest BCUT2D eigenvalue weighted by molar-refractivity contribution is -0.137.